The van der Waals surface area contributed by atoms with Crippen molar-refractivity contribution in [3.8, 4) is 11.4 Å². The molecule has 1 aromatic heterocycles. The zero-order valence-corrected chi connectivity index (χ0v) is 18.5. The summed E-state index contributed by atoms with van der Waals surface area (Å²) in [5.74, 6) is -1.23. The topological polar surface area (TPSA) is 116 Å². The van der Waals surface area contributed by atoms with Crippen molar-refractivity contribution in [2.24, 2.45) is 0 Å². The first-order valence-corrected chi connectivity index (χ1v) is 10.9. The monoisotopic (exact) mass is 480 g/mol. The molecule has 0 atom stereocenters. The quantitative estimate of drug-likeness (QED) is 0.183. The molecule has 0 spiro atoms. The maximum Gasteiger partial charge on any atom is 0.306 e. The Morgan fingerprint density at radius 1 is 1.18 bits per heavy atom. The van der Waals surface area contributed by atoms with Crippen LogP contribution in [0.15, 0.2) is 76.7 Å². The van der Waals surface area contributed by atoms with E-state index >= 15 is 0 Å². The molecule has 0 bridgehead atoms. The smallest absolute Gasteiger partial charge is 0.306 e. The molecule has 3 aromatic carbocycles. The van der Waals surface area contributed by atoms with Crippen molar-refractivity contribution < 1.29 is 18.8 Å². The van der Waals surface area contributed by atoms with Gasteiger partial charge in [-0.05, 0) is 36.4 Å². The molecule has 4 rings (SSSR count). The van der Waals surface area contributed by atoms with Crippen LogP contribution in [0.2, 0.25) is 0 Å². The number of aromatic nitrogens is 2. The number of carbonyl (C=O) groups excluding carboxylic acids is 1. The molecule has 1 N–H and O–H groups in total. The van der Waals surface area contributed by atoms with Gasteiger partial charge in [0.05, 0.1) is 34.4 Å². The molecule has 0 radical (unpaired) electrons. The lowest BCUT2D eigenvalue weighted by atomic mass is 10.2. The van der Waals surface area contributed by atoms with Crippen LogP contribution < -0.4 is 15.6 Å². The van der Waals surface area contributed by atoms with E-state index in [0.717, 1.165) is 23.9 Å². The van der Waals surface area contributed by atoms with Crippen LogP contribution in [-0.4, -0.2) is 33.2 Å². The van der Waals surface area contributed by atoms with Crippen LogP contribution in [0.1, 0.15) is 0 Å². The van der Waals surface area contributed by atoms with Gasteiger partial charge in [-0.1, -0.05) is 36.0 Å². The number of nitro benzene ring substituents is 1. The Kier molecular flexibility index (Phi) is 6.55. The van der Waals surface area contributed by atoms with Gasteiger partial charge in [-0.15, -0.1) is 0 Å². The van der Waals surface area contributed by atoms with E-state index in [1.165, 1.54) is 17.7 Å². The van der Waals surface area contributed by atoms with E-state index in [2.05, 4.69) is 10.3 Å². The van der Waals surface area contributed by atoms with Gasteiger partial charge in [-0.25, -0.2) is 4.98 Å². The van der Waals surface area contributed by atoms with Gasteiger partial charge in [0, 0.05) is 11.8 Å². The number of benzene rings is 3. The molecule has 0 unspecified atom stereocenters. The Labute approximate surface area is 196 Å². The molecule has 11 heteroatoms. The minimum Gasteiger partial charge on any atom is -0.495 e. The third-order valence-corrected chi connectivity index (χ3v) is 5.77. The number of para-hydroxylation sites is 3. The second kappa shape index (κ2) is 9.71. The maximum absolute atomic E-state index is 13.6. The van der Waals surface area contributed by atoms with Crippen molar-refractivity contribution in [2.45, 2.75) is 5.16 Å². The Morgan fingerprint density at radius 2 is 1.91 bits per heavy atom. The molecule has 0 fully saturated rings. The fraction of sp³-hybridized carbons (Fsp3) is 0.0870. The minimum atomic E-state index is -1.00. The van der Waals surface area contributed by atoms with Crippen LogP contribution >= 0.6 is 11.8 Å². The first-order valence-electron chi connectivity index (χ1n) is 9.91. The molecule has 0 saturated heterocycles. The molecule has 172 valence electrons. The van der Waals surface area contributed by atoms with Crippen molar-refractivity contribution in [2.75, 3.05) is 18.2 Å². The molecule has 0 aliphatic rings. The van der Waals surface area contributed by atoms with E-state index in [0.29, 0.717) is 22.3 Å². The number of nitrogens with one attached hydrogen (secondary N) is 1. The predicted molar refractivity (Wildman–Crippen MR) is 126 cm³/mol. The van der Waals surface area contributed by atoms with Gasteiger partial charge in [-0.3, -0.25) is 24.3 Å². The Morgan fingerprint density at radius 3 is 2.68 bits per heavy atom. The van der Waals surface area contributed by atoms with E-state index in [1.807, 2.05) is 0 Å². The van der Waals surface area contributed by atoms with Gasteiger partial charge in [0.15, 0.2) is 5.16 Å². The van der Waals surface area contributed by atoms with E-state index in [1.54, 1.807) is 48.5 Å². The Hall–Kier alpha value is -4.25. The Bertz CT molecular complexity index is 1470. The summed E-state index contributed by atoms with van der Waals surface area (Å²) in [7, 11) is 1.49. The van der Waals surface area contributed by atoms with Gasteiger partial charge < -0.3 is 10.1 Å². The second-order valence-electron chi connectivity index (χ2n) is 6.98. The van der Waals surface area contributed by atoms with Gasteiger partial charge in [-0.2, -0.15) is 4.39 Å². The number of amides is 1. The molecule has 34 heavy (non-hydrogen) atoms. The van der Waals surface area contributed by atoms with Crippen LogP contribution in [0, 0.1) is 15.9 Å². The van der Waals surface area contributed by atoms with Crippen LogP contribution in [0.3, 0.4) is 0 Å². The maximum atomic E-state index is 13.6. The number of carbonyl (C=O) groups is 1. The zero-order chi connectivity index (χ0) is 24.2. The van der Waals surface area contributed by atoms with Crippen molar-refractivity contribution in [1.82, 2.24) is 9.55 Å². The molecule has 1 heterocycles. The number of ether oxygens (including phenoxy) is 1. The summed E-state index contributed by atoms with van der Waals surface area (Å²) in [5, 5.41) is 14.1. The summed E-state index contributed by atoms with van der Waals surface area (Å²) in [5.41, 5.74) is -0.0628. The fourth-order valence-corrected chi connectivity index (χ4v) is 4.10. The first-order chi connectivity index (χ1) is 16.4. The molecule has 0 saturated carbocycles. The van der Waals surface area contributed by atoms with Crippen LogP contribution in [-0.2, 0) is 4.79 Å². The highest BCUT2D eigenvalue weighted by Crippen LogP contribution is 2.27. The number of halogens is 1. The number of anilines is 1. The number of thioether (sulfide) groups is 1. The number of hydrogen-bond acceptors (Lipinski definition) is 7. The third kappa shape index (κ3) is 4.59. The lowest BCUT2D eigenvalue weighted by Gasteiger charge is -2.15. The summed E-state index contributed by atoms with van der Waals surface area (Å²) in [6.45, 7) is 0. The van der Waals surface area contributed by atoms with Gasteiger partial charge >= 0.3 is 5.69 Å². The average molecular weight is 480 g/mol. The highest BCUT2D eigenvalue weighted by atomic mass is 32.2. The minimum absolute atomic E-state index is 0.0762. The lowest BCUT2D eigenvalue weighted by molar-refractivity contribution is -0.387. The SMILES string of the molecule is COc1ccccc1-n1c(SCC(=O)Nc2ccc(F)c([N+](=O)[O-])c2)nc2ccccc2c1=O. The van der Waals surface area contributed by atoms with E-state index in [4.69, 9.17) is 4.74 Å². The molecule has 0 aliphatic heterocycles. The Balaban J connectivity index is 1.67. The van der Waals surface area contributed by atoms with E-state index in [-0.39, 0.29) is 22.2 Å². The van der Waals surface area contributed by atoms with Crippen molar-refractivity contribution in [3.05, 3.63) is 93.0 Å². The summed E-state index contributed by atoms with van der Waals surface area (Å²) in [6, 6.07) is 16.9. The molecule has 4 aromatic rings. The zero-order valence-electron chi connectivity index (χ0n) is 17.7. The number of methoxy groups -OCH3 is 1. The van der Waals surface area contributed by atoms with Crippen LogP contribution in [0.25, 0.3) is 16.6 Å². The highest BCUT2D eigenvalue weighted by molar-refractivity contribution is 7.99. The second-order valence-corrected chi connectivity index (χ2v) is 7.93. The number of hydrogen-bond donors (Lipinski definition) is 1. The largest absolute Gasteiger partial charge is 0.495 e. The summed E-state index contributed by atoms with van der Waals surface area (Å²) >= 11 is 1.01. The number of fused-ring (bicyclic) bond motifs is 1. The number of rotatable bonds is 7. The van der Waals surface area contributed by atoms with E-state index < -0.39 is 22.3 Å². The van der Waals surface area contributed by atoms with Gasteiger partial charge in [0.2, 0.25) is 11.7 Å². The summed E-state index contributed by atoms with van der Waals surface area (Å²) in [6.07, 6.45) is 0. The first kappa shape index (κ1) is 22.9. The van der Waals surface area contributed by atoms with Crippen LogP contribution in [0.5, 0.6) is 5.75 Å². The molecule has 1 amide bonds. The highest BCUT2D eigenvalue weighted by Gasteiger charge is 2.18. The fourth-order valence-electron chi connectivity index (χ4n) is 3.29. The summed E-state index contributed by atoms with van der Waals surface area (Å²) in [4.78, 5) is 40.5. The number of nitro groups is 1. The normalized spacial score (nSPS) is 10.8. The summed E-state index contributed by atoms with van der Waals surface area (Å²) < 4.78 is 20.3. The molecule has 9 nitrogen and oxygen atoms in total. The van der Waals surface area contributed by atoms with Gasteiger partial charge in [0.25, 0.3) is 5.56 Å². The van der Waals surface area contributed by atoms with Crippen molar-refractivity contribution in [3.63, 3.8) is 0 Å². The van der Waals surface area contributed by atoms with Gasteiger partial charge in [0.1, 0.15) is 5.75 Å². The van der Waals surface area contributed by atoms with Crippen molar-refractivity contribution in [1.29, 1.82) is 0 Å². The predicted octanol–water partition coefficient (Wildman–Crippen LogP) is 4.17. The third-order valence-electron chi connectivity index (χ3n) is 4.83. The van der Waals surface area contributed by atoms with E-state index in [9.17, 15) is 24.1 Å². The standard InChI is InChI=1S/C23H17FN4O5S/c1-33-20-9-5-4-8-18(20)27-22(30)15-6-2-3-7-17(15)26-23(27)34-13-21(29)25-14-10-11-16(24)19(12-14)28(31)32/h2-12H,13H2,1H3,(H,25,29). The lowest BCUT2D eigenvalue weighted by Crippen LogP contribution is -2.23. The van der Waals surface area contributed by atoms with Crippen molar-refractivity contribution >= 4 is 39.9 Å². The molecule has 0 aliphatic carbocycles. The molecular weight excluding hydrogens is 463 g/mol. The van der Waals surface area contributed by atoms with Crippen LogP contribution in [0.4, 0.5) is 15.8 Å². The molecular formula is C23H17FN4O5S. The number of nitrogens with zero attached hydrogens (tertiary/aromatic N) is 3. The average Bonchev–Trinajstić information content (AvgIpc) is 2.84.